The highest BCUT2D eigenvalue weighted by atomic mass is 35.5. The average molecular weight is 532 g/mol. The van der Waals surface area contributed by atoms with Gasteiger partial charge in [-0.2, -0.15) is 0 Å². The molecule has 0 radical (unpaired) electrons. The number of halogens is 1. The Morgan fingerprint density at radius 3 is 2.61 bits per heavy atom. The van der Waals surface area contributed by atoms with E-state index in [-0.39, 0.29) is 23.5 Å². The van der Waals surface area contributed by atoms with Crippen molar-refractivity contribution >= 4 is 39.9 Å². The fourth-order valence-corrected chi connectivity index (χ4v) is 6.08. The lowest BCUT2D eigenvalue weighted by Crippen LogP contribution is -2.57. The number of benzene rings is 3. The van der Waals surface area contributed by atoms with Crippen LogP contribution in [0.15, 0.2) is 61.2 Å². The number of phenols is 1. The van der Waals surface area contributed by atoms with E-state index in [2.05, 4.69) is 11.5 Å². The van der Waals surface area contributed by atoms with Gasteiger partial charge in [-0.3, -0.25) is 14.5 Å². The molecule has 3 aliphatic rings. The fraction of sp³-hybridized carbons (Fsp3) is 0.333. The van der Waals surface area contributed by atoms with Crippen molar-refractivity contribution in [3.05, 3.63) is 66.2 Å². The van der Waals surface area contributed by atoms with E-state index in [1.165, 1.54) is 6.08 Å². The second-order valence-electron chi connectivity index (χ2n) is 10.4. The quantitative estimate of drug-likeness (QED) is 0.467. The predicted octanol–water partition coefficient (Wildman–Crippen LogP) is 4.70. The van der Waals surface area contributed by atoms with E-state index in [9.17, 15) is 14.7 Å². The van der Waals surface area contributed by atoms with Crippen LogP contribution in [0, 0.1) is 5.92 Å². The molecule has 38 heavy (non-hydrogen) atoms. The molecule has 3 aromatic carbocycles. The van der Waals surface area contributed by atoms with Crippen LogP contribution in [0.5, 0.6) is 11.5 Å². The summed E-state index contributed by atoms with van der Waals surface area (Å²) in [5, 5.41) is 12.8. The molecular weight excluding hydrogens is 502 g/mol. The molecule has 1 N–H and O–H groups in total. The van der Waals surface area contributed by atoms with Gasteiger partial charge in [-0.25, -0.2) is 0 Å². The van der Waals surface area contributed by atoms with Crippen LogP contribution in [0.4, 0.5) is 5.69 Å². The standard InChI is InChI=1S/C30H30ClN3O4/c1-2-29(36)33-15-19(16-33)17-34-26-14-25(31)24(23-12-21(35)11-20-7-3-4-8-22(20)23)13-27(26)38-28(30(34)37)18-32-9-5-6-10-32/h2-4,7-8,11-14,19,28,35H,1,5-6,9-10,15-18H2. The summed E-state index contributed by atoms with van der Waals surface area (Å²) in [6.45, 7) is 7.68. The van der Waals surface area contributed by atoms with Gasteiger partial charge < -0.3 is 19.6 Å². The van der Waals surface area contributed by atoms with Gasteiger partial charge in [0.2, 0.25) is 5.91 Å². The number of likely N-dealkylation sites (tertiary alicyclic amines) is 2. The second-order valence-corrected chi connectivity index (χ2v) is 10.8. The number of nitrogens with zero attached hydrogens (tertiary/aromatic N) is 3. The minimum absolute atomic E-state index is 0.0791. The summed E-state index contributed by atoms with van der Waals surface area (Å²) in [4.78, 5) is 31.4. The third-order valence-electron chi connectivity index (χ3n) is 7.79. The van der Waals surface area contributed by atoms with E-state index in [1.807, 2.05) is 30.3 Å². The summed E-state index contributed by atoms with van der Waals surface area (Å²) in [7, 11) is 0. The Morgan fingerprint density at radius 2 is 1.84 bits per heavy atom. The Labute approximate surface area is 226 Å². The van der Waals surface area contributed by atoms with Crippen LogP contribution in [0.1, 0.15) is 12.8 Å². The number of rotatable bonds is 6. The summed E-state index contributed by atoms with van der Waals surface area (Å²) in [6.07, 6.45) is 2.95. The summed E-state index contributed by atoms with van der Waals surface area (Å²) >= 11 is 6.86. The van der Waals surface area contributed by atoms with Crippen LogP contribution in [0.3, 0.4) is 0 Å². The van der Waals surface area contributed by atoms with Crippen molar-refractivity contribution in [2.75, 3.05) is 44.2 Å². The number of carbonyl (C=O) groups is 2. The smallest absolute Gasteiger partial charge is 0.269 e. The van der Waals surface area contributed by atoms with Crippen molar-refractivity contribution in [3.63, 3.8) is 0 Å². The normalized spacial score (nSPS) is 19.8. The zero-order valence-corrected chi connectivity index (χ0v) is 21.9. The topological polar surface area (TPSA) is 73.3 Å². The van der Waals surface area contributed by atoms with Crippen molar-refractivity contribution in [1.29, 1.82) is 0 Å². The average Bonchev–Trinajstić information content (AvgIpc) is 3.40. The molecule has 0 aromatic heterocycles. The van der Waals surface area contributed by atoms with Crippen LogP contribution >= 0.6 is 11.6 Å². The van der Waals surface area contributed by atoms with Gasteiger partial charge in [-0.15, -0.1) is 0 Å². The first-order chi connectivity index (χ1) is 18.4. The highest BCUT2D eigenvalue weighted by molar-refractivity contribution is 6.34. The van der Waals surface area contributed by atoms with Gasteiger partial charge in [0.25, 0.3) is 5.91 Å². The van der Waals surface area contributed by atoms with Gasteiger partial charge >= 0.3 is 0 Å². The summed E-state index contributed by atoms with van der Waals surface area (Å²) < 4.78 is 6.37. The van der Waals surface area contributed by atoms with E-state index in [4.69, 9.17) is 16.3 Å². The molecule has 2 saturated heterocycles. The molecule has 1 atom stereocenters. The molecule has 0 saturated carbocycles. The molecule has 3 aromatic rings. The van der Waals surface area contributed by atoms with E-state index in [0.29, 0.717) is 42.6 Å². The number of carbonyl (C=O) groups excluding carboxylic acids is 2. The molecule has 7 nitrogen and oxygen atoms in total. The first-order valence-corrected chi connectivity index (χ1v) is 13.5. The second kappa shape index (κ2) is 9.97. The Bertz CT molecular complexity index is 1430. The van der Waals surface area contributed by atoms with E-state index in [1.54, 1.807) is 28.0 Å². The zero-order valence-electron chi connectivity index (χ0n) is 21.1. The number of anilines is 1. The lowest BCUT2D eigenvalue weighted by Gasteiger charge is -2.43. The lowest BCUT2D eigenvalue weighted by molar-refractivity contribution is -0.132. The van der Waals surface area contributed by atoms with Crippen LogP contribution < -0.4 is 9.64 Å². The number of ether oxygens (including phenoxy) is 1. The molecule has 3 heterocycles. The molecule has 0 aliphatic carbocycles. The maximum Gasteiger partial charge on any atom is 0.269 e. The monoisotopic (exact) mass is 531 g/mol. The fourth-order valence-electron chi connectivity index (χ4n) is 5.82. The summed E-state index contributed by atoms with van der Waals surface area (Å²) in [5.74, 6) is 0.742. The molecule has 196 valence electrons. The molecule has 3 aliphatic heterocycles. The summed E-state index contributed by atoms with van der Waals surface area (Å²) in [5.41, 5.74) is 2.17. The maximum atomic E-state index is 13.7. The van der Waals surface area contributed by atoms with Crippen molar-refractivity contribution in [2.24, 2.45) is 5.92 Å². The molecule has 1 unspecified atom stereocenters. The number of aromatic hydroxyl groups is 1. The van der Waals surface area contributed by atoms with E-state index in [0.717, 1.165) is 47.8 Å². The van der Waals surface area contributed by atoms with Gasteiger partial charge in [0, 0.05) is 37.7 Å². The Balaban J connectivity index is 1.37. The number of hydrogen-bond acceptors (Lipinski definition) is 5. The van der Waals surface area contributed by atoms with Gasteiger partial charge in [0.1, 0.15) is 11.5 Å². The highest BCUT2D eigenvalue weighted by Gasteiger charge is 2.40. The SMILES string of the molecule is C=CC(=O)N1CC(CN2C(=O)C(CN3CCCC3)Oc3cc(-c4cc(O)cc5ccccc45)c(Cl)cc32)C1. The first-order valence-electron chi connectivity index (χ1n) is 13.1. The van der Waals surface area contributed by atoms with Crippen molar-refractivity contribution in [1.82, 2.24) is 9.80 Å². The van der Waals surface area contributed by atoms with Crippen LogP contribution in [-0.4, -0.2) is 72.1 Å². The minimum atomic E-state index is -0.624. The molecule has 6 rings (SSSR count). The van der Waals surface area contributed by atoms with Gasteiger partial charge in [0.15, 0.2) is 6.10 Å². The maximum absolute atomic E-state index is 13.7. The molecular formula is C30H30ClN3O4. The lowest BCUT2D eigenvalue weighted by atomic mass is 9.95. The number of amides is 2. The molecule has 8 heteroatoms. The number of hydrogen-bond donors (Lipinski definition) is 1. The highest BCUT2D eigenvalue weighted by Crippen LogP contribution is 2.45. The molecule has 2 fully saturated rings. The predicted molar refractivity (Wildman–Crippen MR) is 149 cm³/mol. The minimum Gasteiger partial charge on any atom is -0.508 e. The zero-order chi connectivity index (χ0) is 26.4. The third kappa shape index (κ3) is 4.50. The summed E-state index contributed by atoms with van der Waals surface area (Å²) in [6, 6.07) is 15.0. The molecule has 0 spiro atoms. The van der Waals surface area contributed by atoms with Crippen molar-refractivity contribution in [3.8, 4) is 22.6 Å². The van der Waals surface area contributed by atoms with Crippen LogP contribution in [0.25, 0.3) is 21.9 Å². The van der Waals surface area contributed by atoms with E-state index >= 15 is 0 Å². The van der Waals surface area contributed by atoms with Gasteiger partial charge in [0.05, 0.1) is 10.7 Å². The largest absolute Gasteiger partial charge is 0.508 e. The van der Waals surface area contributed by atoms with Crippen molar-refractivity contribution < 1.29 is 19.4 Å². The van der Waals surface area contributed by atoms with Crippen LogP contribution in [-0.2, 0) is 9.59 Å². The number of fused-ring (bicyclic) bond motifs is 2. The van der Waals surface area contributed by atoms with Crippen LogP contribution in [0.2, 0.25) is 5.02 Å². The Hall–Kier alpha value is -3.55. The van der Waals surface area contributed by atoms with Gasteiger partial charge in [-0.1, -0.05) is 42.4 Å². The van der Waals surface area contributed by atoms with Crippen molar-refractivity contribution in [2.45, 2.75) is 18.9 Å². The van der Waals surface area contributed by atoms with E-state index < -0.39 is 6.10 Å². The number of phenolic OH excluding ortho intramolecular Hbond substituents is 1. The van der Waals surface area contributed by atoms with Gasteiger partial charge in [-0.05, 0) is 72.6 Å². The Kier molecular flexibility index (Phi) is 6.50. The first kappa shape index (κ1) is 24.8. The molecule has 0 bridgehead atoms. The third-order valence-corrected chi connectivity index (χ3v) is 8.11. The Morgan fingerprint density at radius 1 is 1.08 bits per heavy atom. The molecule has 2 amide bonds.